The Morgan fingerprint density at radius 2 is 2.15 bits per heavy atom. The lowest BCUT2D eigenvalue weighted by Crippen LogP contribution is -2.13. The first-order chi connectivity index (χ1) is 9.46. The molecule has 0 saturated carbocycles. The van der Waals surface area contributed by atoms with E-state index >= 15 is 0 Å². The molecule has 0 aliphatic heterocycles. The quantitative estimate of drug-likeness (QED) is 0.916. The molecular weight excluding hydrogens is 278 g/mol. The first-order valence-corrected chi connectivity index (χ1v) is 7.64. The standard InChI is InChI=1S/C13H17N3O3S/c1-4-16-9-12(8-14-16)20(17,18)15-13-6-5-11(19-3)7-10(13)2/h5-9,15H,4H2,1-3H3. The second-order valence-electron chi connectivity index (χ2n) is 4.32. The van der Waals surface area contributed by atoms with Gasteiger partial charge in [0, 0.05) is 12.7 Å². The lowest BCUT2D eigenvalue weighted by Gasteiger charge is -2.10. The second kappa shape index (κ2) is 5.54. The Morgan fingerprint density at radius 1 is 1.40 bits per heavy atom. The molecule has 7 heteroatoms. The third kappa shape index (κ3) is 2.93. The van der Waals surface area contributed by atoms with Crippen molar-refractivity contribution in [1.29, 1.82) is 0 Å². The van der Waals surface area contributed by atoms with E-state index in [9.17, 15) is 8.42 Å². The second-order valence-corrected chi connectivity index (χ2v) is 6.00. The molecule has 0 aliphatic rings. The Hall–Kier alpha value is -2.02. The van der Waals surface area contributed by atoms with Crippen LogP contribution in [0.3, 0.4) is 0 Å². The molecule has 108 valence electrons. The highest BCUT2D eigenvalue weighted by Crippen LogP contribution is 2.23. The average molecular weight is 295 g/mol. The summed E-state index contributed by atoms with van der Waals surface area (Å²) in [6.45, 7) is 4.33. The number of nitrogens with zero attached hydrogens (tertiary/aromatic N) is 2. The summed E-state index contributed by atoms with van der Waals surface area (Å²) in [5, 5.41) is 3.97. The van der Waals surface area contributed by atoms with Crippen LogP contribution in [-0.4, -0.2) is 25.3 Å². The van der Waals surface area contributed by atoms with Gasteiger partial charge in [-0.15, -0.1) is 0 Å². The third-order valence-corrected chi connectivity index (χ3v) is 4.24. The molecule has 6 nitrogen and oxygen atoms in total. The molecule has 20 heavy (non-hydrogen) atoms. The molecule has 0 unspecified atom stereocenters. The maximum atomic E-state index is 12.2. The summed E-state index contributed by atoms with van der Waals surface area (Å²) >= 11 is 0. The van der Waals surface area contributed by atoms with Gasteiger partial charge in [0.05, 0.1) is 19.0 Å². The Kier molecular flexibility index (Phi) is 3.99. The Morgan fingerprint density at radius 3 is 2.70 bits per heavy atom. The highest BCUT2D eigenvalue weighted by atomic mass is 32.2. The fourth-order valence-corrected chi connectivity index (χ4v) is 2.82. The summed E-state index contributed by atoms with van der Waals surface area (Å²) in [4.78, 5) is 0.148. The van der Waals surface area contributed by atoms with Gasteiger partial charge in [0.15, 0.2) is 0 Å². The van der Waals surface area contributed by atoms with Gasteiger partial charge in [-0.3, -0.25) is 9.40 Å². The minimum Gasteiger partial charge on any atom is -0.497 e. The number of methoxy groups -OCH3 is 1. The van der Waals surface area contributed by atoms with Crippen molar-refractivity contribution in [3.8, 4) is 5.75 Å². The van der Waals surface area contributed by atoms with E-state index in [1.54, 1.807) is 30.0 Å². The van der Waals surface area contributed by atoms with Crippen molar-refractivity contribution in [2.45, 2.75) is 25.3 Å². The van der Waals surface area contributed by atoms with E-state index < -0.39 is 10.0 Å². The molecule has 2 aromatic rings. The van der Waals surface area contributed by atoms with E-state index in [0.717, 1.165) is 5.56 Å². The van der Waals surface area contributed by atoms with Crippen molar-refractivity contribution in [2.24, 2.45) is 0 Å². The largest absolute Gasteiger partial charge is 0.497 e. The van der Waals surface area contributed by atoms with Crippen LogP contribution in [0.5, 0.6) is 5.75 Å². The first-order valence-electron chi connectivity index (χ1n) is 6.16. The van der Waals surface area contributed by atoms with Crippen LogP contribution >= 0.6 is 0 Å². The molecule has 1 heterocycles. The van der Waals surface area contributed by atoms with Gasteiger partial charge < -0.3 is 4.74 Å². The van der Waals surface area contributed by atoms with Crippen LogP contribution in [0.15, 0.2) is 35.5 Å². The minimum atomic E-state index is -3.62. The summed E-state index contributed by atoms with van der Waals surface area (Å²) in [7, 11) is -2.05. The van der Waals surface area contributed by atoms with E-state index in [1.165, 1.54) is 12.4 Å². The number of anilines is 1. The fourth-order valence-electron chi connectivity index (χ4n) is 1.74. The Bertz CT molecular complexity index is 707. The normalized spacial score (nSPS) is 11.3. The van der Waals surface area contributed by atoms with Crippen molar-refractivity contribution >= 4 is 15.7 Å². The lowest BCUT2D eigenvalue weighted by molar-refractivity contribution is 0.414. The van der Waals surface area contributed by atoms with Gasteiger partial charge in [-0.25, -0.2) is 8.42 Å². The molecule has 0 bridgehead atoms. The number of aryl methyl sites for hydroxylation is 2. The molecule has 1 aromatic heterocycles. The van der Waals surface area contributed by atoms with Crippen LogP contribution in [-0.2, 0) is 16.6 Å². The molecule has 2 rings (SSSR count). The van der Waals surface area contributed by atoms with Gasteiger partial charge in [-0.2, -0.15) is 5.10 Å². The number of aromatic nitrogens is 2. The zero-order chi connectivity index (χ0) is 14.8. The molecule has 0 saturated heterocycles. The fraction of sp³-hybridized carbons (Fsp3) is 0.308. The van der Waals surface area contributed by atoms with Crippen molar-refractivity contribution in [1.82, 2.24) is 9.78 Å². The van der Waals surface area contributed by atoms with Gasteiger partial charge in [0.2, 0.25) is 0 Å². The van der Waals surface area contributed by atoms with Crippen LogP contribution in [0.4, 0.5) is 5.69 Å². The molecule has 0 aliphatic carbocycles. The van der Waals surface area contributed by atoms with Crippen LogP contribution < -0.4 is 9.46 Å². The average Bonchev–Trinajstić information content (AvgIpc) is 2.90. The zero-order valence-corrected chi connectivity index (χ0v) is 12.4. The number of benzene rings is 1. The third-order valence-electron chi connectivity index (χ3n) is 2.92. The first kappa shape index (κ1) is 14.4. The number of rotatable bonds is 5. The predicted octanol–water partition coefficient (Wildman–Crippen LogP) is 2.02. The van der Waals surface area contributed by atoms with E-state index in [4.69, 9.17) is 4.74 Å². The van der Waals surface area contributed by atoms with Gasteiger partial charge in [-0.1, -0.05) is 0 Å². The summed E-state index contributed by atoms with van der Waals surface area (Å²) < 4.78 is 33.7. The SMILES string of the molecule is CCn1cc(S(=O)(=O)Nc2ccc(OC)cc2C)cn1. The van der Waals surface area contributed by atoms with Crippen molar-refractivity contribution < 1.29 is 13.2 Å². The van der Waals surface area contributed by atoms with Crippen LogP contribution in [0.25, 0.3) is 0 Å². The minimum absolute atomic E-state index is 0.148. The summed E-state index contributed by atoms with van der Waals surface area (Å²) in [5.74, 6) is 0.684. The molecule has 1 aromatic carbocycles. The van der Waals surface area contributed by atoms with Crippen molar-refractivity contribution in [3.63, 3.8) is 0 Å². The molecule has 0 atom stereocenters. The summed E-state index contributed by atoms with van der Waals surface area (Å²) in [5.41, 5.74) is 1.31. The Labute approximate surface area is 118 Å². The molecule has 0 radical (unpaired) electrons. The zero-order valence-electron chi connectivity index (χ0n) is 11.6. The predicted molar refractivity (Wildman–Crippen MR) is 76.4 cm³/mol. The Balaban J connectivity index is 2.28. The van der Waals surface area contributed by atoms with Gasteiger partial charge in [0.25, 0.3) is 10.0 Å². The topological polar surface area (TPSA) is 73.2 Å². The molecule has 1 N–H and O–H groups in total. The van der Waals surface area contributed by atoms with Crippen molar-refractivity contribution in [2.75, 3.05) is 11.8 Å². The molecule has 0 amide bonds. The van der Waals surface area contributed by atoms with Crippen LogP contribution in [0, 0.1) is 6.92 Å². The van der Waals surface area contributed by atoms with E-state index in [0.29, 0.717) is 18.0 Å². The molecule has 0 spiro atoms. The molecular formula is C13H17N3O3S. The number of nitrogens with one attached hydrogen (secondary N) is 1. The van der Waals surface area contributed by atoms with E-state index in [1.807, 2.05) is 13.8 Å². The van der Waals surface area contributed by atoms with Crippen molar-refractivity contribution in [3.05, 3.63) is 36.2 Å². The maximum absolute atomic E-state index is 12.2. The number of hydrogen-bond acceptors (Lipinski definition) is 4. The van der Waals surface area contributed by atoms with Gasteiger partial charge in [-0.05, 0) is 37.6 Å². The summed E-state index contributed by atoms with van der Waals surface area (Å²) in [6, 6.07) is 5.16. The van der Waals surface area contributed by atoms with Crippen LogP contribution in [0.2, 0.25) is 0 Å². The monoisotopic (exact) mass is 295 g/mol. The highest BCUT2D eigenvalue weighted by molar-refractivity contribution is 7.92. The van der Waals surface area contributed by atoms with Gasteiger partial charge in [0.1, 0.15) is 10.6 Å². The van der Waals surface area contributed by atoms with Crippen LogP contribution in [0.1, 0.15) is 12.5 Å². The van der Waals surface area contributed by atoms with E-state index in [-0.39, 0.29) is 4.90 Å². The number of ether oxygens (including phenoxy) is 1. The highest BCUT2D eigenvalue weighted by Gasteiger charge is 2.17. The smallest absolute Gasteiger partial charge is 0.265 e. The number of sulfonamides is 1. The maximum Gasteiger partial charge on any atom is 0.265 e. The summed E-state index contributed by atoms with van der Waals surface area (Å²) in [6.07, 6.45) is 2.84. The van der Waals surface area contributed by atoms with E-state index in [2.05, 4.69) is 9.82 Å². The number of hydrogen-bond donors (Lipinski definition) is 1. The lowest BCUT2D eigenvalue weighted by atomic mass is 10.2. The van der Waals surface area contributed by atoms with Gasteiger partial charge >= 0.3 is 0 Å². The molecule has 0 fully saturated rings.